The summed E-state index contributed by atoms with van der Waals surface area (Å²) < 4.78 is 28.1. The molecule has 9 heteroatoms. The number of phenols is 2. The van der Waals surface area contributed by atoms with Crippen LogP contribution in [0.2, 0.25) is 0 Å². The third kappa shape index (κ3) is 4.74. The average Bonchev–Trinajstić information content (AvgIpc) is 2.90. The summed E-state index contributed by atoms with van der Waals surface area (Å²) in [5, 5.41) is 20.9. The lowest BCUT2D eigenvalue weighted by atomic mass is 9.85. The van der Waals surface area contributed by atoms with Crippen molar-refractivity contribution in [2.45, 2.75) is 19.3 Å². The number of phenolic OH excluding ortho intramolecular Hbond substituents is 2. The molecule has 2 heterocycles. The predicted octanol–water partition coefficient (Wildman–Crippen LogP) is 5.28. The third-order valence-corrected chi connectivity index (χ3v) is 6.45. The normalized spacial score (nSPS) is 14.4. The van der Waals surface area contributed by atoms with E-state index in [9.17, 15) is 19.8 Å². The minimum atomic E-state index is -0.592. The molecular formula is C30H26O9. The first kappa shape index (κ1) is 25.7. The van der Waals surface area contributed by atoms with Crippen LogP contribution in [0.4, 0.5) is 0 Å². The number of rotatable bonds is 7. The zero-order valence-electron chi connectivity index (χ0n) is 21.6. The molecule has 1 atom stereocenters. The van der Waals surface area contributed by atoms with Crippen LogP contribution in [0, 0.1) is 0 Å². The number of methoxy groups -OCH3 is 2. The Balaban J connectivity index is 1.73. The van der Waals surface area contributed by atoms with E-state index in [-0.39, 0.29) is 52.8 Å². The van der Waals surface area contributed by atoms with E-state index in [2.05, 4.69) is 6.58 Å². The molecular weight excluding hydrogens is 504 g/mol. The lowest BCUT2D eigenvalue weighted by Crippen LogP contribution is -2.22. The largest absolute Gasteiger partial charge is 0.507 e. The summed E-state index contributed by atoms with van der Waals surface area (Å²) in [5.74, 6) is -0.172. The van der Waals surface area contributed by atoms with E-state index < -0.39 is 17.3 Å². The zero-order chi connectivity index (χ0) is 27.8. The molecule has 0 radical (unpaired) electrons. The van der Waals surface area contributed by atoms with E-state index in [4.69, 9.17) is 23.4 Å². The van der Waals surface area contributed by atoms with Gasteiger partial charge in [-0.25, -0.2) is 0 Å². The van der Waals surface area contributed by atoms with E-state index in [0.717, 1.165) is 5.57 Å². The highest BCUT2D eigenvalue weighted by Gasteiger charge is 2.34. The van der Waals surface area contributed by atoms with Gasteiger partial charge in [0.05, 0.1) is 20.6 Å². The van der Waals surface area contributed by atoms with Gasteiger partial charge in [-0.3, -0.25) is 9.59 Å². The van der Waals surface area contributed by atoms with Crippen LogP contribution >= 0.6 is 0 Å². The lowest BCUT2D eigenvalue weighted by molar-refractivity contribution is -0.135. The van der Waals surface area contributed by atoms with E-state index in [0.29, 0.717) is 28.2 Å². The molecule has 1 aromatic heterocycles. The molecule has 1 unspecified atom stereocenters. The molecule has 0 saturated heterocycles. The average molecular weight is 531 g/mol. The molecule has 0 bridgehead atoms. The second-order valence-corrected chi connectivity index (χ2v) is 9.26. The molecule has 5 rings (SSSR count). The number of hydrogen-bond donors (Lipinski definition) is 2. The third-order valence-electron chi connectivity index (χ3n) is 6.45. The Morgan fingerprint density at radius 1 is 0.974 bits per heavy atom. The molecule has 0 saturated carbocycles. The van der Waals surface area contributed by atoms with Crippen LogP contribution in [-0.2, 0) is 4.79 Å². The number of benzene rings is 3. The Kier molecular flexibility index (Phi) is 6.66. The zero-order valence-corrected chi connectivity index (χ0v) is 21.6. The fourth-order valence-corrected chi connectivity index (χ4v) is 4.65. The van der Waals surface area contributed by atoms with E-state index in [1.807, 2.05) is 6.92 Å². The van der Waals surface area contributed by atoms with Crippen molar-refractivity contribution in [1.29, 1.82) is 0 Å². The van der Waals surface area contributed by atoms with Gasteiger partial charge in [0.15, 0.2) is 28.4 Å². The number of hydrogen-bond acceptors (Lipinski definition) is 9. The van der Waals surface area contributed by atoms with E-state index >= 15 is 0 Å². The van der Waals surface area contributed by atoms with Crippen LogP contribution < -0.4 is 24.4 Å². The van der Waals surface area contributed by atoms with Crippen molar-refractivity contribution in [1.82, 2.24) is 0 Å². The van der Waals surface area contributed by atoms with E-state index in [1.165, 1.54) is 32.4 Å². The van der Waals surface area contributed by atoms with Gasteiger partial charge in [0.1, 0.15) is 34.8 Å². The van der Waals surface area contributed by atoms with Gasteiger partial charge in [-0.05, 0) is 48.4 Å². The van der Waals surface area contributed by atoms with Crippen LogP contribution in [0.5, 0.6) is 34.5 Å². The topological polar surface area (TPSA) is 125 Å². The molecule has 0 amide bonds. The van der Waals surface area contributed by atoms with Gasteiger partial charge in [-0.15, -0.1) is 0 Å². The highest BCUT2D eigenvalue weighted by atomic mass is 16.5. The maximum Gasteiger partial charge on any atom is 0.312 e. The lowest BCUT2D eigenvalue weighted by Gasteiger charge is -2.26. The van der Waals surface area contributed by atoms with Crippen molar-refractivity contribution in [2.24, 2.45) is 0 Å². The fraction of sp³-hybridized carbons (Fsp3) is 0.200. The summed E-state index contributed by atoms with van der Waals surface area (Å²) in [6.07, 6.45) is -0.0452. The second-order valence-electron chi connectivity index (χ2n) is 9.26. The molecule has 3 aromatic carbocycles. The van der Waals surface area contributed by atoms with Crippen molar-refractivity contribution in [3.63, 3.8) is 0 Å². The Morgan fingerprint density at radius 2 is 1.72 bits per heavy atom. The van der Waals surface area contributed by atoms with Gasteiger partial charge >= 0.3 is 5.97 Å². The number of carbonyl (C=O) groups excluding carboxylic acids is 1. The van der Waals surface area contributed by atoms with Crippen molar-refractivity contribution < 1.29 is 38.4 Å². The first-order valence-corrected chi connectivity index (χ1v) is 12.1. The standard InChI is InChI=1S/C30H26O9/c1-15(2)14-37-25-10-16(5-8-23(25)36-4)18-11-27(34)38-26-13-21(33)29-20(32)12-24(39-30(29)28(18)26)17-6-7-22(35-3)19(31)9-17/h5-10,12-13,18,31,33H,1,11,14H2,2-4H3. The van der Waals surface area contributed by atoms with Crippen molar-refractivity contribution >= 4 is 16.9 Å². The number of esters is 1. The van der Waals surface area contributed by atoms with Gasteiger partial charge in [-0.1, -0.05) is 12.6 Å². The van der Waals surface area contributed by atoms with Gasteiger partial charge < -0.3 is 33.6 Å². The first-order valence-electron chi connectivity index (χ1n) is 12.1. The number of aromatic hydroxyl groups is 2. The molecule has 9 nitrogen and oxygen atoms in total. The Hall–Kier alpha value is -4.92. The van der Waals surface area contributed by atoms with Crippen molar-refractivity contribution in [3.8, 4) is 45.8 Å². The van der Waals surface area contributed by atoms with Crippen LogP contribution in [0.1, 0.15) is 30.4 Å². The minimum Gasteiger partial charge on any atom is -0.507 e. The smallest absolute Gasteiger partial charge is 0.312 e. The number of fused-ring (bicyclic) bond motifs is 3. The Morgan fingerprint density at radius 3 is 2.41 bits per heavy atom. The second kappa shape index (κ2) is 10.1. The highest BCUT2D eigenvalue weighted by molar-refractivity contribution is 5.93. The van der Waals surface area contributed by atoms with Crippen LogP contribution in [0.15, 0.2) is 69.9 Å². The summed E-state index contributed by atoms with van der Waals surface area (Å²) >= 11 is 0. The molecule has 4 aromatic rings. The molecule has 0 spiro atoms. The molecule has 0 aliphatic carbocycles. The summed E-state index contributed by atoms with van der Waals surface area (Å²) in [6, 6.07) is 12.3. The molecule has 0 fully saturated rings. The van der Waals surface area contributed by atoms with Crippen molar-refractivity contribution in [3.05, 3.63) is 82.0 Å². The fourth-order valence-electron chi connectivity index (χ4n) is 4.65. The predicted molar refractivity (Wildman–Crippen MR) is 143 cm³/mol. The van der Waals surface area contributed by atoms with Crippen LogP contribution in [-0.4, -0.2) is 37.0 Å². The van der Waals surface area contributed by atoms with Gasteiger partial charge in [-0.2, -0.15) is 0 Å². The van der Waals surface area contributed by atoms with Crippen LogP contribution in [0.25, 0.3) is 22.3 Å². The van der Waals surface area contributed by atoms with Crippen molar-refractivity contribution in [2.75, 3.05) is 20.8 Å². The summed E-state index contributed by atoms with van der Waals surface area (Å²) in [5.41, 5.74) is 1.91. The molecule has 39 heavy (non-hydrogen) atoms. The molecule has 200 valence electrons. The summed E-state index contributed by atoms with van der Waals surface area (Å²) in [4.78, 5) is 25.9. The quantitative estimate of drug-likeness (QED) is 0.186. The maximum atomic E-state index is 13.2. The number of carbonyl (C=O) groups is 1. The van der Waals surface area contributed by atoms with Gasteiger partial charge in [0.2, 0.25) is 0 Å². The molecule has 2 N–H and O–H groups in total. The maximum absolute atomic E-state index is 13.2. The summed E-state index contributed by atoms with van der Waals surface area (Å²) in [7, 11) is 2.95. The van der Waals surface area contributed by atoms with E-state index in [1.54, 1.807) is 30.3 Å². The number of ether oxygens (including phenoxy) is 4. The Bertz CT molecular complexity index is 1680. The van der Waals surface area contributed by atoms with Gasteiger partial charge in [0, 0.05) is 29.2 Å². The molecule has 1 aliphatic rings. The monoisotopic (exact) mass is 530 g/mol. The SMILES string of the molecule is C=C(C)COc1cc(C2CC(=O)Oc3cc(O)c4c(=O)cc(-c5ccc(OC)c(O)c5)oc4c32)ccc1OC. The summed E-state index contributed by atoms with van der Waals surface area (Å²) in [6.45, 7) is 5.97. The highest BCUT2D eigenvalue weighted by Crippen LogP contribution is 2.47. The van der Waals surface area contributed by atoms with Crippen LogP contribution in [0.3, 0.4) is 0 Å². The van der Waals surface area contributed by atoms with Gasteiger partial charge in [0.25, 0.3) is 0 Å². The minimum absolute atomic E-state index is 0.0452. The first-order chi connectivity index (χ1) is 18.7. The molecule has 1 aliphatic heterocycles. The Labute approximate surface area is 223 Å².